The first-order chi connectivity index (χ1) is 47.4. The van der Waals surface area contributed by atoms with E-state index in [1.54, 1.807) is 17.6 Å². The number of nitrogens with two attached hydrogens (primary N) is 1. The van der Waals surface area contributed by atoms with Crippen LogP contribution in [0.15, 0.2) is 116 Å². The first kappa shape index (κ1) is 74.5. The van der Waals surface area contributed by atoms with Gasteiger partial charge in [0.1, 0.15) is 36.5 Å². The highest BCUT2D eigenvalue weighted by Gasteiger charge is 2.45. The third-order valence-corrected chi connectivity index (χ3v) is 22.3. The molecule has 534 valence electrons. The summed E-state index contributed by atoms with van der Waals surface area (Å²) in [6.07, 6.45) is 12.6. The molecule has 4 fully saturated rings. The topological polar surface area (TPSA) is 219 Å². The number of hydrogen-bond donors (Lipinski definition) is 2. The lowest BCUT2D eigenvalue weighted by molar-refractivity contribution is -0.168. The van der Waals surface area contributed by atoms with E-state index in [4.69, 9.17) is 44.7 Å². The van der Waals surface area contributed by atoms with Crippen LogP contribution in [0.2, 0.25) is 51.4 Å². The number of aromatic nitrogens is 8. The Bertz CT molecular complexity index is 4090. The molecule has 4 aliphatic rings. The van der Waals surface area contributed by atoms with Gasteiger partial charge in [-0.3, -0.25) is 19.6 Å². The normalized spacial score (nSPS) is 19.2. The number of anilines is 2. The molecule has 19 nitrogen and oxygen atoms in total. The standard InChI is InChI=1S/C46H68N6O5Si2.C27H28N6O.C3H3F3O/c1-12-56-33(2)41-42(36-27-37-19-16-20-38(28-36)51(37)45(53)57-46(3,4)5)49-43-39(35-21-22-40(47-29-35)34-17-14-13-15-18-34)30-48-52(43)44(41)50(31-54-23-25-58(6,7)8)32-55-24-26-59(9,10)11;1-16(34)24-25(19-12-20-8-5-9-21(13-19)31-20)32-27-22(15-30-33(27)26(24)28)18-10-11-23(29-14-18)17-6-3-2-4-7-17;1-2(7)3(4,5)6/h13-15,17-18,21-22,29-30,36-38H,2,12,16,19-20,23-28,31-32H2,1,3-11H3;2-4,6-7,10-11,14-15,19-21,31H,5,8-9,12-13,28H2,1H3;1H3. The van der Waals surface area contributed by atoms with E-state index in [0.29, 0.717) is 80.7 Å². The Labute approximate surface area is 587 Å². The van der Waals surface area contributed by atoms with Gasteiger partial charge in [-0.15, -0.1) is 0 Å². The summed E-state index contributed by atoms with van der Waals surface area (Å²) < 4.78 is 61.4. The van der Waals surface area contributed by atoms with Crippen molar-refractivity contribution in [3.63, 3.8) is 0 Å². The number of benzene rings is 2. The van der Waals surface area contributed by atoms with Crippen molar-refractivity contribution in [2.75, 3.05) is 43.9 Å². The number of alkyl halides is 3. The van der Waals surface area contributed by atoms with Crippen LogP contribution in [0.1, 0.15) is 145 Å². The minimum atomic E-state index is -4.64. The van der Waals surface area contributed by atoms with Crippen molar-refractivity contribution in [3.05, 3.63) is 139 Å². The van der Waals surface area contributed by atoms with Crippen molar-refractivity contribution >= 4 is 62.5 Å². The number of nitrogens with zero attached hydrogens (tertiary/aromatic N) is 10. The molecule has 2 aromatic carbocycles. The zero-order chi connectivity index (χ0) is 71.8. The molecule has 6 aromatic heterocycles. The minimum Gasteiger partial charge on any atom is -0.494 e. The average Bonchev–Trinajstić information content (AvgIpc) is 1.41. The second-order valence-electron chi connectivity index (χ2n) is 30.3. The summed E-state index contributed by atoms with van der Waals surface area (Å²) in [6.45, 7) is 30.9. The number of nitrogens with one attached hydrogen (secondary N) is 1. The van der Waals surface area contributed by atoms with Gasteiger partial charge in [-0.05, 0) is 117 Å². The molecule has 4 saturated heterocycles. The van der Waals surface area contributed by atoms with Crippen LogP contribution in [0.25, 0.3) is 61.8 Å². The summed E-state index contributed by atoms with van der Waals surface area (Å²) in [7, 11) is -2.70. The van der Waals surface area contributed by atoms with Gasteiger partial charge in [-0.25, -0.2) is 14.8 Å². The predicted molar refractivity (Wildman–Crippen MR) is 394 cm³/mol. The van der Waals surface area contributed by atoms with Crippen molar-refractivity contribution in [3.8, 4) is 44.8 Å². The van der Waals surface area contributed by atoms with Gasteiger partial charge in [0, 0.05) is 118 Å². The molecule has 0 saturated carbocycles. The van der Waals surface area contributed by atoms with Gasteiger partial charge in [-0.2, -0.15) is 32.4 Å². The maximum Gasteiger partial charge on any atom is 0.449 e. The maximum absolute atomic E-state index is 13.7. The number of fused-ring (bicyclic) bond motifs is 6. The second-order valence-corrected chi connectivity index (χ2v) is 41.5. The van der Waals surface area contributed by atoms with Crippen LogP contribution in [-0.4, -0.2) is 147 Å². The molecular formula is C76H99F3N12O7Si2. The molecule has 8 aromatic rings. The summed E-state index contributed by atoms with van der Waals surface area (Å²) in [5.41, 5.74) is 17.9. The van der Waals surface area contributed by atoms with Crippen molar-refractivity contribution in [1.82, 2.24) is 49.4 Å². The van der Waals surface area contributed by atoms with E-state index in [2.05, 4.69) is 90.4 Å². The van der Waals surface area contributed by atoms with E-state index in [9.17, 15) is 27.6 Å². The van der Waals surface area contributed by atoms with E-state index in [0.717, 1.165) is 125 Å². The minimum absolute atomic E-state index is 0.0174. The zero-order valence-electron chi connectivity index (χ0n) is 60.1. The van der Waals surface area contributed by atoms with Crippen LogP contribution in [0, 0.1) is 0 Å². The van der Waals surface area contributed by atoms with E-state index >= 15 is 0 Å². The van der Waals surface area contributed by atoms with Crippen LogP contribution in [-0.2, 0) is 23.7 Å². The van der Waals surface area contributed by atoms with Crippen molar-refractivity contribution in [2.45, 2.75) is 205 Å². The Balaban J connectivity index is 0.000000220. The number of pyridine rings is 2. The molecule has 100 heavy (non-hydrogen) atoms. The number of halogens is 3. The number of carbonyl (C=O) groups is 3. The van der Waals surface area contributed by atoms with Crippen LogP contribution in [0.4, 0.5) is 29.6 Å². The first-order valence-corrected chi connectivity index (χ1v) is 42.6. The van der Waals surface area contributed by atoms with Crippen LogP contribution < -0.4 is 16.0 Å². The lowest BCUT2D eigenvalue weighted by atomic mass is 9.76. The highest BCUT2D eigenvalue weighted by molar-refractivity contribution is 6.76. The third-order valence-electron chi connectivity index (χ3n) is 18.9. The quantitative estimate of drug-likeness (QED) is 0.0225. The van der Waals surface area contributed by atoms with Gasteiger partial charge in [-0.1, -0.05) is 125 Å². The molecule has 1 amide bonds. The van der Waals surface area contributed by atoms with Gasteiger partial charge in [0.05, 0.1) is 52.9 Å². The molecule has 10 heterocycles. The highest BCUT2D eigenvalue weighted by Crippen LogP contribution is 2.47. The second kappa shape index (κ2) is 31.8. The molecule has 12 rings (SSSR count). The van der Waals surface area contributed by atoms with Gasteiger partial charge in [0.25, 0.3) is 0 Å². The number of amides is 1. The lowest BCUT2D eigenvalue weighted by Gasteiger charge is -2.48. The van der Waals surface area contributed by atoms with Gasteiger partial charge in [0.15, 0.2) is 17.1 Å². The first-order valence-electron chi connectivity index (χ1n) is 35.2. The van der Waals surface area contributed by atoms with Crippen molar-refractivity contribution in [1.29, 1.82) is 0 Å². The summed E-state index contributed by atoms with van der Waals surface area (Å²) in [5, 5.41) is 13.3. The molecule has 4 unspecified atom stereocenters. The number of Topliss-reactive ketones (excluding diaryl/α,β-unsaturated/α-hetero) is 2. The van der Waals surface area contributed by atoms with Crippen LogP contribution >= 0.6 is 0 Å². The molecule has 4 bridgehead atoms. The number of ketones is 2. The molecule has 4 aliphatic heterocycles. The Morgan fingerprint density at radius 1 is 0.640 bits per heavy atom. The maximum atomic E-state index is 13.7. The molecule has 4 atom stereocenters. The van der Waals surface area contributed by atoms with Crippen molar-refractivity contribution < 1.29 is 46.5 Å². The van der Waals surface area contributed by atoms with Gasteiger partial charge < -0.3 is 39.8 Å². The van der Waals surface area contributed by atoms with Crippen molar-refractivity contribution in [2.24, 2.45) is 0 Å². The Hall–Kier alpha value is -8.17. The Morgan fingerprint density at radius 2 is 1.10 bits per heavy atom. The van der Waals surface area contributed by atoms with E-state index in [1.807, 2.05) is 116 Å². The predicted octanol–water partition coefficient (Wildman–Crippen LogP) is 16.7. The van der Waals surface area contributed by atoms with Gasteiger partial charge >= 0.3 is 12.3 Å². The fourth-order valence-corrected chi connectivity index (χ4v) is 15.3. The van der Waals surface area contributed by atoms with E-state index in [-0.39, 0.29) is 35.8 Å². The third kappa shape index (κ3) is 18.5. The zero-order valence-corrected chi connectivity index (χ0v) is 62.1. The molecular weight excluding hydrogens is 1310 g/mol. The summed E-state index contributed by atoms with van der Waals surface area (Å²) in [4.78, 5) is 60.1. The fraction of sp³-hybridized carbons (Fsp3) is 0.487. The monoisotopic (exact) mass is 1400 g/mol. The number of rotatable bonds is 21. The number of hydrogen-bond acceptors (Lipinski definition) is 16. The largest absolute Gasteiger partial charge is 0.494 e. The molecule has 0 radical (unpaired) electrons. The highest BCUT2D eigenvalue weighted by atomic mass is 28.3. The Kier molecular flexibility index (Phi) is 23.7. The average molecular weight is 1410 g/mol. The number of piperidine rings is 4. The summed E-state index contributed by atoms with van der Waals surface area (Å²) in [6, 6.07) is 31.6. The molecule has 24 heteroatoms. The number of carbonyl (C=O) groups excluding carboxylic acids is 3. The number of ether oxygens (including phenoxy) is 4. The summed E-state index contributed by atoms with van der Waals surface area (Å²) >= 11 is 0. The van der Waals surface area contributed by atoms with Crippen LogP contribution in [0.3, 0.4) is 0 Å². The molecule has 3 N–H and O–H groups in total. The molecule has 0 aliphatic carbocycles. The smallest absolute Gasteiger partial charge is 0.449 e. The van der Waals surface area contributed by atoms with Crippen LogP contribution in [0.5, 0.6) is 0 Å². The Morgan fingerprint density at radius 3 is 1.54 bits per heavy atom. The van der Waals surface area contributed by atoms with E-state index in [1.165, 1.54) is 19.3 Å². The van der Waals surface area contributed by atoms with E-state index < -0.39 is 33.7 Å². The molecule has 0 spiro atoms. The lowest BCUT2D eigenvalue weighted by Crippen LogP contribution is -2.55. The summed E-state index contributed by atoms with van der Waals surface area (Å²) in [5.74, 6) is 0.101. The van der Waals surface area contributed by atoms with Gasteiger partial charge in [0.2, 0.25) is 5.78 Å². The SMILES string of the molecule is C=C(OCC)c1c(C2CC3CCCC(C2)N3C(=O)OC(C)(C)C)nc2c(-c3ccc(-c4ccccc4)nc3)cnn2c1N(COCC[Si](C)(C)C)COCC[Si](C)(C)C.CC(=O)C(F)(F)F.CC(=O)c1c(C2CC3CCCC(C2)N3)nc2c(-c3ccc(-c4ccccc4)nc3)cnn2c1N. The number of nitrogen functional groups attached to an aromatic ring is 1. The fourth-order valence-electron chi connectivity index (χ4n) is 13.8.